The first-order valence-electron chi connectivity index (χ1n) is 9.78. The van der Waals surface area contributed by atoms with Gasteiger partial charge in [-0.1, -0.05) is 24.3 Å². The molecule has 6 nitrogen and oxygen atoms in total. The number of benzene rings is 2. The second-order valence-electron chi connectivity index (χ2n) is 7.09. The lowest BCUT2D eigenvalue weighted by Gasteiger charge is -2.29. The highest BCUT2D eigenvalue weighted by Crippen LogP contribution is 2.19. The topological polar surface area (TPSA) is 78.5 Å². The fraction of sp³-hybridized carbons (Fsp3) is 0.318. The summed E-state index contributed by atoms with van der Waals surface area (Å²) in [6, 6.07) is 10.7. The normalized spacial score (nSPS) is 12.8. The van der Waals surface area contributed by atoms with E-state index in [2.05, 4.69) is 16.7 Å². The number of fused-ring (bicyclic) bond motifs is 1. The molecule has 1 heterocycles. The minimum atomic E-state index is -0.994. The van der Waals surface area contributed by atoms with Crippen molar-refractivity contribution >= 4 is 17.7 Å². The number of hydrogen-bond donors (Lipinski definition) is 2. The molecule has 2 N–H and O–H groups in total. The average molecular weight is 415 g/mol. The van der Waals surface area contributed by atoms with E-state index in [1.807, 2.05) is 23.1 Å². The van der Waals surface area contributed by atoms with Crippen LogP contribution in [0.15, 0.2) is 42.5 Å². The lowest BCUT2D eigenvalue weighted by atomic mass is 9.99. The van der Waals surface area contributed by atoms with Gasteiger partial charge >= 0.3 is 0 Å². The van der Waals surface area contributed by atoms with Gasteiger partial charge in [-0.2, -0.15) is 0 Å². The van der Waals surface area contributed by atoms with Crippen molar-refractivity contribution in [3.8, 4) is 0 Å². The Labute approximate surface area is 173 Å². The van der Waals surface area contributed by atoms with Crippen LogP contribution in [0.5, 0.6) is 0 Å². The predicted molar refractivity (Wildman–Crippen MR) is 106 cm³/mol. The van der Waals surface area contributed by atoms with Gasteiger partial charge in [0.05, 0.1) is 12.1 Å². The highest BCUT2D eigenvalue weighted by molar-refractivity contribution is 5.96. The molecule has 0 fully saturated rings. The number of carbonyl (C=O) groups is 3. The van der Waals surface area contributed by atoms with E-state index >= 15 is 0 Å². The Kier molecular flexibility index (Phi) is 7.11. The summed E-state index contributed by atoms with van der Waals surface area (Å²) < 4.78 is 26.4. The smallest absolute Gasteiger partial charge is 0.254 e. The second kappa shape index (κ2) is 9.96. The van der Waals surface area contributed by atoms with E-state index in [1.54, 1.807) is 0 Å². The molecular formula is C22H23F2N3O3. The van der Waals surface area contributed by atoms with Crippen molar-refractivity contribution in [2.45, 2.75) is 25.8 Å². The zero-order valence-electron chi connectivity index (χ0n) is 16.4. The van der Waals surface area contributed by atoms with Gasteiger partial charge in [0.1, 0.15) is 11.6 Å². The minimum absolute atomic E-state index is 0.0406. The molecule has 30 heavy (non-hydrogen) atoms. The van der Waals surface area contributed by atoms with Crippen molar-refractivity contribution in [1.29, 1.82) is 0 Å². The summed E-state index contributed by atoms with van der Waals surface area (Å²) in [4.78, 5) is 37.9. The molecule has 0 unspecified atom stereocenters. The molecule has 2 aromatic rings. The van der Waals surface area contributed by atoms with Gasteiger partial charge in [0.2, 0.25) is 11.8 Å². The van der Waals surface area contributed by atoms with Gasteiger partial charge in [0, 0.05) is 32.1 Å². The summed E-state index contributed by atoms with van der Waals surface area (Å²) in [5.41, 5.74) is 2.10. The average Bonchev–Trinajstić information content (AvgIpc) is 2.74. The molecule has 0 radical (unpaired) electrons. The molecule has 1 aliphatic rings. The van der Waals surface area contributed by atoms with Crippen LogP contribution in [0, 0.1) is 11.6 Å². The van der Waals surface area contributed by atoms with Crippen LogP contribution < -0.4 is 10.6 Å². The summed E-state index contributed by atoms with van der Waals surface area (Å²) in [6.45, 7) is 1.24. The Bertz CT molecular complexity index is 949. The fourth-order valence-electron chi connectivity index (χ4n) is 3.33. The first kappa shape index (κ1) is 21.4. The molecule has 0 aliphatic carbocycles. The van der Waals surface area contributed by atoms with Crippen LogP contribution in [0.4, 0.5) is 8.78 Å². The quantitative estimate of drug-likeness (QED) is 0.681. The van der Waals surface area contributed by atoms with Crippen LogP contribution in [-0.2, 0) is 22.6 Å². The molecule has 0 saturated carbocycles. The van der Waals surface area contributed by atoms with E-state index in [4.69, 9.17) is 0 Å². The molecule has 2 aromatic carbocycles. The first-order chi connectivity index (χ1) is 14.4. The molecule has 1 aliphatic heterocycles. The van der Waals surface area contributed by atoms with E-state index in [-0.39, 0.29) is 24.6 Å². The van der Waals surface area contributed by atoms with E-state index in [9.17, 15) is 23.2 Å². The van der Waals surface area contributed by atoms with E-state index in [0.29, 0.717) is 32.0 Å². The van der Waals surface area contributed by atoms with Gasteiger partial charge in [-0.3, -0.25) is 14.4 Å². The third kappa shape index (κ3) is 5.62. The summed E-state index contributed by atoms with van der Waals surface area (Å²) in [5.74, 6) is -3.00. The van der Waals surface area contributed by atoms with Crippen LogP contribution in [0.1, 0.15) is 34.3 Å². The number of nitrogens with one attached hydrogen (secondary N) is 2. The maximum Gasteiger partial charge on any atom is 0.254 e. The molecule has 0 saturated heterocycles. The Balaban J connectivity index is 1.34. The number of rotatable bonds is 7. The van der Waals surface area contributed by atoms with E-state index in [0.717, 1.165) is 18.6 Å². The van der Waals surface area contributed by atoms with Gasteiger partial charge in [-0.25, -0.2) is 8.78 Å². The molecule has 0 aromatic heterocycles. The van der Waals surface area contributed by atoms with Crippen molar-refractivity contribution in [3.05, 3.63) is 70.8 Å². The number of nitrogens with zero attached hydrogens (tertiary/aromatic N) is 1. The minimum Gasteiger partial charge on any atom is -0.355 e. The van der Waals surface area contributed by atoms with Gasteiger partial charge in [-0.05, 0) is 36.1 Å². The fourth-order valence-corrected chi connectivity index (χ4v) is 3.33. The monoisotopic (exact) mass is 415 g/mol. The maximum atomic E-state index is 13.5. The van der Waals surface area contributed by atoms with Crippen molar-refractivity contribution < 1.29 is 23.2 Å². The predicted octanol–water partition coefficient (Wildman–Crippen LogP) is 2.18. The largest absolute Gasteiger partial charge is 0.355 e. The zero-order valence-corrected chi connectivity index (χ0v) is 16.4. The van der Waals surface area contributed by atoms with Crippen LogP contribution in [0.2, 0.25) is 0 Å². The Morgan fingerprint density at radius 3 is 2.53 bits per heavy atom. The van der Waals surface area contributed by atoms with Crippen molar-refractivity contribution in [2.24, 2.45) is 0 Å². The standard InChI is InChI=1S/C22H23F2N3O3/c23-17-7-8-18(19(24)12-17)22(30)26-13-20(28)25-10-3-6-21(29)27-11-9-15-4-1-2-5-16(15)14-27/h1-2,4-5,7-8,12H,3,6,9-11,13-14H2,(H,25,28)(H,26,30). The van der Waals surface area contributed by atoms with Crippen molar-refractivity contribution in [3.63, 3.8) is 0 Å². The Morgan fingerprint density at radius 2 is 1.77 bits per heavy atom. The first-order valence-corrected chi connectivity index (χ1v) is 9.78. The Hall–Kier alpha value is -3.29. The summed E-state index contributed by atoms with van der Waals surface area (Å²) >= 11 is 0. The second-order valence-corrected chi connectivity index (χ2v) is 7.09. The van der Waals surface area contributed by atoms with Gasteiger partial charge in [-0.15, -0.1) is 0 Å². The summed E-state index contributed by atoms with van der Waals surface area (Å²) in [7, 11) is 0. The molecule has 8 heteroatoms. The molecule has 3 rings (SSSR count). The van der Waals surface area contributed by atoms with Crippen LogP contribution in [-0.4, -0.2) is 42.3 Å². The highest BCUT2D eigenvalue weighted by Gasteiger charge is 2.20. The lowest BCUT2D eigenvalue weighted by Crippen LogP contribution is -2.38. The van der Waals surface area contributed by atoms with Gasteiger partial charge in [0.15, 0.2) is 0 Å². The molecule has 158 valence electrons. The van der Waals surface area contributed by atoms with Crippen molar-refractivity contribution in [1.82, 2.24) is 15.5 Å². The molecule has 3 amide bonds. The Morgan fingerprint density at radius 1 is 1.00 bits per heavy atom. The molecule has 0 spiro atoms. The summed E-state index contributed by atoms with van der Waals surface area (Å²) in [6.07, 6.45) is 1.63. The molecular weight excluding hydrogens is 392 g/mol. The van der Waals surface area contributed by atoms with Crippen LogP contribution >= 0.6 is 0 Å². The van der Waals surface area contributed by atoms with Gasteiger partial charge < -0.3 is 15.5 Å². The van der Waals surface area contributed by atoms with Crippen molar-refractivity contribution in [2.75, 3.05) is 19.6 Å². The molecule has 0 atom stereocenters. The third-order valence-electron chi connectivity index (χ3n) is 4.96. The van der Waals surface area contributed by atoms with E-state index < -0.39 is 23.4 Å². The number of hydrogen-bond acceptors (Lipinski definition) is 3. The maximum absolute atomic E-state index is 13.5. The van der Waals surface area contributed by atoms with Crippen LogP contribution in [0.3, 0.4) is 0 Å². The zero-order chi connectivity index (χ0) is 21.5. The summed E-state index contributed by atoms with van der Waals surface area (Å²) in [5, 5.41) is 4.89. The van der Waals surface area contributed by atoms with E-state index in [1.165, 1.54) is 11.1 Å². The highest BCUT2D eigenvalue weighted by atomic mass is 19.1. The SMILES string of the molecule is O=C(CNC(=O)c1ccc(F)cc1F)NCCCC(=O)N1CCc2ccccc2C1. The van der Waals surface area contributed by atoms with Gasteiger partial charge in [0.25, 0.3) is 5.91 Å². The van der Waals surface area contributed by atoms with Crippen LogP contribution in [0.25, 0.3) is 0 Å². The third-order valence-corrected chi connectivity index (χ3v) is 4.96. The number of halogens is 2. The molecule has 0 bridgehead atoms. The number of carbonyl (C=O) groups excluding carboxylic acids is 3. The lowest BCUT2D eigenvalue weighted by molar-refractivity contribution is -0.132. The number of amides is 3.